The highest BCUT2D eigenvalue weighted by Gasteiger charge is 2.04. The van der Waals surface area contributed by atoms with Crippen LogP contribution in [0.2, 0.25) is 0 Å². The molecule has 0 heterocycles. The Morgan fingerprint density at radius 3 is 2.67 bits per heavy atom. The predicted octanol–water partition coefficient (Wildman–Crippen LogP) is 2.88. The highest BCUT2D eigenvalue weighted by Crippen LogP contribution is 2.18. The highest BCUT2D eigenvalue weighted by atomic mass is 79.9. The van der Waals surface area contributed by atoms with Crippen LogP contribution in [0.25, 0.3) is 0 Å². The zero-order valence-electron chi connectivity index (χ0n) is 9.29. The van der Waals surface area contributed by atoms with E-state index in [1.807, 2.05) is 19.9 Å². The van der Waals surface area contributed by atoms with E-state index in [-0.39, 0.29) is 6.10 Å². The molecule has 0 atom stereocenters. The van der Waals surface area contributed by atoms with E-state index in [1.165, 1.54) is 11.1 Å². The van der Waals surface area contributed by atoms with Crippen LogP contribution in [-0.4, -0.2) is 12.6 Å². The number of hydrogen-bond donors (Lipinski definition) is 1. The molecule has 0 aromatic heterocycles. The first-order chi connectivity index (χ1) is 7.13. The minimum Gasteiger partial charge on any atom is -0.374 e. The molecule has 1 aromatic carbocycles. The topological polar surface area (TPSA) is 35.2 Å². The second-order valence-electron chi connectivity index (χ2n) is 3.81. The lowest BCUT2D eigenvalue weighted by atomic mass is 10.1. The summed E-state index contributed by atoms with van der Waals surface area (Å²) >= 11 is 3.46. The van der Waals surface area contributed by atoms with Gasteiger partial charge in [0.25, 0.3) is 0 Å². The molecule has 0 aliphatic carbocycles. The van der Waals surface area contributed by atoms with Gasteiger partial charge in [0.1, 0.15) is 0 Å². The van der Waals surface area contributed by atoms with E-state index < -0.39 is 0 Å². The minimum atomic E-state index is 0.263. The molecule has 0 saturated carbocycles. The Balaban J connectivity index is 2.76. The van der Waals surface area contributed by atoms with Gasteiger partial charge in [0.2, 0.25) is 0 Å². The van der Waals surface area contributed by atoms with Crippen LogP contribution in [0, 0.1) is 0 Å². The fourth-order valence-corrected chi connectivity index (χ4v) is 1.79. The van der Waals surface area contributed by atoms with Crippen molar-refractivity contribution in [1.29, 1.82) is 0 Å². The summed E-state index contributed by atoms with van der Waals surface area (Å²) in [6.45, 7) is 5.42. The van der Waals surface area contributed by atoms with Crippen LogP contribution in [0.1, 0.15) is 25.0 Å². The van der Waals surface area contributed by atoms with Crippen LogP contribution in [0.4, 0.5) is 0 Å². The largest absolute Gasteiger partial charge is 0.374 e. The Labute approximate surface area is 99.9 Å². The number of halogens is 1. The molecule has 0 fully saturated rings. The molecule has 0 aliphatic heterocycles. The third-order valence-corrected chi connectivity index (χ3v) is 2.65. The average Bonchev–Trinajstić information content (AvgIpc) is 2.17. The maximum absolute atomic E-state index is 5.60. The smallest absolute Gasteiger partial charge is 0.0723 e. The van der Waals surface area contributed by atoms with Gasteiger partial charge in [0, 0.05) is 4.47 Å². The minimum absolute atomic E-state index is 0.263. The van der Waals surface area contributed by atoms with Crippen molar-refractivity contribution >= 4 is 15.9 Å². The van der Waals surface area contributed by atoms with Crippen molar-refractivity contribution in [3.8, 4) is 0 Å². The second kappa shape index (κ2) is 6.26. The van der Waals surface area contributed by atoms with Gasteiger partial charge < -0.3 is 10.5 Å². The number of benzene rings is 1. The van der Waals surface area contributed by atoms with Gasteiger partial charge >= 0.3 is 0 Å². The molecule has 0 bridgehead atoms. The Morgan fingerprint density at radius 2 is 2.07 bits per heavy atom. The monoisotopic (exact) mass is 271 g/mol. The Hall–Kier alpha value is -0.380. The van der Waals surface area contributed by atoms with E-state index in [2.05, 4.69) is 28.1 Å². The summed E-state index contributed by atoms with van der Waals surface area (Å²) in [5.41, 5.74) is 8.08. The van der Waals surface area contributed by atoms with Crippen molar-refractivity contribution < 1.29 is 4.74 Å². The van der Waals surface area contributed by atoms with Gasteiger partial charge in [-0.05, 0) is 50.1 Å². The highest BCUT2D eigenvalue weighted by molar-refractivity contribution is 9.10. The van der Waals surface area contributed by atoms with Gasteiger partial charge in [-0.15, -0.1) is 0 Å². The van der Waals surface area contributed by atoms with Crippen molar-refractivity contribution in [2.24, 2.45) is 5.73 Å². The molecule has 84 valence electrons. The van der Waals surface area contributed by atoms with E-state index in [1.54, 1.807) is 0 Å². The number of nitrogens with two attached hydrogens (primary N) is 1. The molecule has 1 aromatic rings. The van der Waals surface area contributed by atoms with Crippen molar-refractivity contribution in [1.82, 2.24) is 0 Å². The molecule has 3 heteroatoms. The maximum atomic E-state index is 5.60. The number of ether oxygens (including phenoxy) is 1. The first-order valence-electron chi connectivity index (χ1n) is 5.22. The summed E-state index contributed by atoms with van der Waals surface area (Å²) in [7, 11) is 0. The van der Waals surface area contributed by atoms with Crippen LogP contribution in [0.3, 0.4) is 0 Å². The van der Waals surface area contributed by atoms with Gasteiger partial charge in [-0.1, -0.05) is 22.0 Å². The fourth-order valence-electron chi connectivity index (χ4n) is 1.38. The summed E-state index contributed by atoms with van der Waals surface area (Å²) in [4.78, 5) is 0. The number of rotatable bonds is 5. The van der Waals surface area contributed by atoms with E-state index in [0.717, 1.165) is 10.9 Å². The van der Waals surface area contributed by atoms with Crippen molar-refractivity contribution in [3.05, 3.63) is 33.8 Å². The zero-order chi connectivity index (χ0) is 11.3. The van der Waals surface area contributed by atoms with E-state index in [0.29, 0.717) is 13.2 Å². The molecule has 0 unspecified atom stereocenters. The molecular weight excluding hydrogens is 254 g/mol. The molecule has 0 amide bonds. The molecule has 2 N–H and O–H groups in total. The summed E-state index contributed by atoms with van der Waals surface area (Å²) < 4.78 is 6.70. The second-order valence-corrected chi connectivity index (χ2v) is 4.73. The van der Waals surface area contributed by atoms with E-state index in [4.69, 9.17) is 10.5 Å². The lowest BCUT2D eigenvalue weighted by molar-refractivity contribution is 0.0653. The van der Waals surface area contributed by atoms with Crippen LogP contribution in [-0.2, 0) is 17.8 Å². The standard InChI is InChI=1S/C12H18BrNO/c1-9(2)15-8-11-3-4-12(13)7-10(11)5-6-14/h3-4,7,9H,5-6,8,14H2,1-2H3. The lowest BCUT2D eigenvalue weighted by Gasteiger charge is -2.12. The van der Waals surface area contributed by atoms with Gasteiger partial charge in [0.05, 0.1) is 12.7 Å². The van der Waals surface area contributed by atoms with Gasteiger partial charge in [-0.2, -0.15) is 0 Å². The normalized spacial score (nSPS) is 11.0. The predicted molar refractivity (Wildman–Crippen MR) is 66.8 cm³/mol. The fraction of sp³-hybridized carbons (Fsp3) is 0.500. The van der Waals surface area contributed by atoms with Gasteiger partial charge in [0.15, 0.2) is 0 Å². The van der Waals surface area contributed by atoms with Crippen molar-refractivity contribution in [2.75, 3.05) is 6.54 Å². The molecule has 1 rings (SSSR count). The van der Waals surface area contributed by atoms with E-state index >= 15 is 0 Å². The summed E-state index contributed by atoms with van der Waals surface area (Å²) in [6.07, 6.45) is 1.16. The molecule has 2 nitrogen and oxygen atoms in total. The van der Waals surface area contributed by atoms with Crippen molar-refractivity contribution in [3.63, 3.8) is 0 Å². The molecule has 0 spiro atoms. The molecular formula is C12H18BrNO. The molecule has 15 heavy (non-hydrogen) atoms. The first kappa shape index (κ1) is 12.7. The maximum Gasteiger partial charge on any atom is 0.0723 e. The Morgan fingerprint density at radius 1 is 1.33 bits per heavy atom. The van der Waals surface area contributed by atoms with Crippen molar-refractivity contribution in [2.45, 2.75) is 33.0 Å². The zero-order valence-corrected chi connectivity index (χ0v) is 10.9. The number of hydrogen-bond acceptors (Lipinski definition) is 2. The third-order valence-electron chi connectivity index (χ3n) is 2.15. The summed E-state index contributed by atoms with van der Waals surface area (Å²) in [5, 5.41) is 0. The van der Waals surface area contributed by atoms with Crippen LogP contribution in [0.5, 0.6) is 0 Å². The van der Waals surface area contributed by atoms with Gasteiger partial charge in [-0.3, -0.25) is 0 Å². The lowest BCUT2D eigenvalue weighted by Crippen LogP contribution is -2.08. The van der Waals surface area contributed by atoms with Gasteiger partial charge in [-0.25, -0.2) is 0 Å². The quantitative estimate of drug-likeness (QED) is 0.894. The summed E-state index contributed by atoms with van der Waals surface area (Å²) in [5.74, 6) is 0. The first-order valence-corrected chi connectivity index (χ1v) is 6.01. The molecule has 0 radical (unpaired) electrons. The third kappa shape index (κ3) is 4.33. The van der Waals surface area contributed by atoms with E-state index in [9.17, 15) is 0 Å². The SMILES string of the molecule is CC(C)OCc1ccc(Br)cc1CCN. The summed E-state index contributed by atoms with van der Waals surface area (Å²) in [6, 6.07) is 6.25. The Bertz CT molecular complexity index is 312. The Kier molecular flexibility index (Phi) is 5.29. The molecule has 0 saturated heterocycles. The van der Waals surface area contributed by atoms with Crippen LogP contribution in [0.15, 0.2) is 22.7 Å². The van der Waals surface area contributed by atoms with Crippen LogP contribution >= 0.6 is 15.9 Å². The average molecular weight is 272 g/mol. The van der Waals surface area contributed by atoms with Crippen LogP contribution < -0.4 is 5.73 Å². The molecule has 0 aliphatic rings.